The van der Waals surface area contributed by atoms with Crippen LogP contribution in [0, 0.1) is 5.92 Å². The molecule has 78 valence electrons. The van der Waals surface area contributed by atoms with Gasteiger partial charge in [-0.15, -0.1) is 0 Å². The zero-order chi connectivity index (χ0) is 9.68. The molecule has 1 saturated carbocycles. The van der Waals surface area contributed by atoms with Crippen molar-refractivity contribution < 1.29 is 0 Å². The average molecular weight is 184 g/mol. The Kier molecular flexibility index (Phi) is 4.74. The van der Waals surface area contributed by atoms with Crippen molar-refractivity contribution in [3.05, 3.63) is 0 Å². The van der Waals surface area contributed by atoms with Gasteiger partial charge in [0.25, 0.3) is 0 Å². The van der Waals surface area contributed by atoms with E-state index in [9.17, 15) is 0 Å². The predicted octanol–water partition coefficient (Wildman–Crippen LogP) is 1.72. The van der Waals surface area contributed by atoms with E-state index in [0.717, 1.165) is 18.5 Å². The summed E-state index contributed by atoms with van der Waals surface area (Å²) in [5.74, 6) is 1.05. The zero-order valence-corrected chi connectivity index (χ0v) is 9.34. The van der Waals surface area contributed by atoms with Crippen molar-refractivity contribution in [2.24, 2.45) is 5.92 Å². The fourth-order valence-electron chi connectivity index (χ4n) is 1.76. The highest BCUT2D eigenvalue weighted by Gasteiger charge is 2.24. The lowest BCUT2D eigenvalue weighted by Crippen LogP contribution is -2.32. The monoisotopic (exact) mass is 184 g/mol. The molecule has 1 unspecified atom stereocenters. The zero-order valence-electron chi connectivity index (χ0n) is 9.34. The summed E-state index contributed by atoms with van der Waals surface area (Å²) in [4.78, 5) is 2.28. The molecule has 0 aromatic carbocycles. The van der Waals surface area contributed by atoms with Crippen LogP contribution in [0.25, 0.3) is 0 Å². The molecular weight excluding hydrogens is 160 g/mol. The molecule has 1 N–H and O–H groups in total. The third-order valence-electron chi connectivity index (χ3n) is 2.73. The van der Waals surface area contributed by atoms with Gasteiger partial charge in [0.15, 0.2) is 0 Å². The first-order valence-electron chi connectivity index (χ1n) is 5.60. The van der Waals surface area contributed by atoms with Gasteiger partial charge in [0.1, 0.15) is 0 Å². The number of rotatable bonds is 7. The van der Waals surface area contributed by atoms with E-state index in [1.54, 1.807) is 0 Å². The third-order valence-corrected chi connectivity index (χ3v) is 2.73. The average Bonchev–Trinajstić information content (AvgIpc) is 2.84. The first kappa shape index (κ1) is 11.0. The smallest absolute Gasteiger partial charge is 0.00817 e. The SMILES string of the molecule is CCNC(CCN(C)C)CC1CC1. The molecule has 0 radical (unpaired) electrons. The first-order chi connectivity index (χ1) is 6.22. The Morgan fingerprint density at radius 3 is 2.54 bits per heavy atom. The molecule has 0 amide bonds. The summed E-state index contributed by atoms with van der Waals surface area (Å²) in [6, 6.07) is 0.764. The van der Waals surface area contributed by atoms with Gasteiger partial charge in [-0.3, -0.25) is 0 Å². The first-order valence-corrected chi connectivity index (χ1v) is 5.60. The summed E-state index contributed by atoms with van der Waals surface area (Å²) in [7, 11) is 4.31. The lowest BCUT2D eigenvalue weighted by Gasteiger charge is -2.19. The maximum atomic E-state index is 3.58. The maximum absolute atomic E-state index is 3.58. The van der Waals surface area contributed by atoms with Crippen molar-refractivity contribution in [2.75, 3.05) is 27.2 Å². The minimum atomic E-state index is 0.764. The van der Waals surface area contributed by atoms with Crippen LogP contribution in [0.1, 0.15) is 32.6 Å². The predicted molar refractivity (Wildman–Crippen MR) is 58.0 cm³/mol. The van der Waals surface area contributed by atoms with Crippen molar-refractivity contribution in [2.45, 2.75) is 38.6 Å². The van der Waals surface area contributed by atoms with Gasteiger partial charge in [0, 0.05) is 6.04 Å². The summed E-state index contributed by atoms with van der Waals surface area (Å²) in [6.07, 6.45) is 5.66. The molecule has 0 aromatic rings. The van der Waals surface area contributed by atoms with E-state index in [-0.39, 0.29) is 0 Å². The minimum absolute atomic E-state index is 0.764. The van der Waals surface area contributed by atoms with Gasteiger partial charge >= 0.3 is 0 Å². The van der Waals surface area contributed by atoms with E-state index < -0.39 is 0 Å². The molecular formula is C11H24N2. The molecule has 1 fully saturated rings. The van der Waals surface area contributed by atoms with Gasteiger partial charge < -0.3 is 10.2 Å². The highest BCUT2D eigenvalue weighted by molar-refractivity contribution is 4.80. The van der Waals surface area contributed by atoms with Crippen LogP contribution in [-0.4, -0.2) is 38.1 Å². The molecule has 0 heterocycles. The summed E-state index contributed by atoms with van der Waals surface area (Å²) >= 11 is 0. The Morgan fingerprint density at radius 1 is 1.38 bits per heavy atom. The second-order valence-corrected chi connectivity index (χ2v) is 4.53. The molecule has 2 nitrogen and oxygen atoms in total. The standard InChI is InChI=1S/C11H24N2/c1-4-12-11(7-8-13(2)3)9-10-5-6-10/h10-12H,4-9H2,1-3H3. The Balaban J connectivity index is 2.11. The lowest BCUT2D eigenvalue weighted by atomic mass is 10.1. The van der Waals surface area contributed by atoms with E-state index in [4.69, 9.17) is 0 Å². The highest BCUT2D eigenvalue weighted by Crippen LogP contribution is 2.34. The molecule has 0 aromatic heterocycles. The topological polar surface area (TPSA) is 15.3 Å². The van der Waals surface area contributed by atoms with Crippen LogP contribution < -0.4 is 5.32 Å². The molecule has 2 heteroatoms. The molecule has 13 heavy (non-hydrogen) atoms. The molecule has 1 atom stereocenters. The van der Waals surface area contributed by atoms with E-state index >= 15 is 0 Å². The molecule has 1 aliphatic carbocycles. The van der Waals surface area contributed by atoms with E-state index in [2.05, 4.69) is 31.2 Å². The van der Waals surface area contributed by atoms with E-state index in [1.807, 2.05) is 0 Å². The van der Waals surface area contributed by atoms with Gasteiger partial charge in [-0.25, -0.2) is 0 Å². The molecule has 0 aliphatic heterocycles. The number of nitrogens with zero attached hydrogens (tertiary/aromatic N) is 1. The number of nitrogens with one attached hydrogen (secondary N) is 1. The van der Waals surface area contributed by atoms with E-state index in [1.165, 1.54) is 32.2 Å². The van der Waals surface area contributed by atoms with Gasteiger partial charge in [-0.05, 0) is 45.9 Å². The fourth-order valence-corrected chi connectivity index (χ4v) is 1.76. The van der Waals surface area contributed by atoms with Crippen molar-refractivity contribution in [1.82, 2.24) is 10.2 Å². The van der Waals surface area contributed by atoms with Crippen LogP contribution in [0.4, 0.5) is 0 Å². The molecule has 0 saturated heterocycles. The Bertz CT molecular complexity index is 130. The summed E-state index contributed by atoms with van der Waals surface area (Å²) in [6.45, 7) is 4.53. The van der Waals surface area contributed by atoms with Crippen molar-refractivity contribution in [3.8, 4) is 0 Å². The van der Waals surface area contributed by atoms with E-state index in [0.29, 0.717) is 0 Å². The number of hydrogen-bond donors (Lipinski definition) is 1. The van der Waals surface area contributed by atoms with Crippen LogP contribution in [0.5, 0.6) is 0 Å². The van der Waals surface area contributed by atoms with Crippen molar-refractivity contribution in [1.29, 1.82) is 0 Å². The maximum Gasteiger partial charge on any atom is 0.00817 e. The van der Waals surface area contributed by atoms with Crippen LogP contribution in [0.2, 0.25) is 0 Å². The lowest BCUT2D eigenvalue weighted by molar-refractivity contribution is 0.345. The normalized spacial score (nSPS) is 19.4. The van der Waals surface area contributed by atoms with Gasteiger partial charge in [-0.1, -0.05) is 19.8 Å². The van der Waals surface area contributed by atoms with Crippen LogP contribution in [0.15, 0.2) is 0 Å². The summed E-state index contributed by atoms with van der Waals surface area (Å²) in [5.41, 5.74) is 0. The van der Waals surface area contributed by atoms with Crippen molar-refractivity contribution in [3.63, 3.8) is 0 Å². The Labute approximate surface area is 82.7 Å². The van der Waals surface area contributed by atoms with Crippen LogP contribution >= 0.6 is 0 Å². The third kappa shape index (κ3) is 5.27. The summed E-state index contributed by atoms with van der Waals surface area (Å²) < 4.78 is 0. The second kappa shape index (κ2) is 5.61. The molecule has 1 rings (SSSR count). The molecule has 1 aliphatic rings. The van der Waals surface area contributed by atoms with Crippen LogP contribution in [0.3, 0.4) is 0 Å². The van der Waals surface area contributed by atoms with Gasteiger partial charge in [0.2, 0.25) is 0 Å². The second-order valence-electron chi connectivity index (χ2n) is 4.53. The minimum Gasteiger partial charge on any atom is -0.314 e. The summed E-state index contributed by atoms with van der Waals surface area (Å²) in [5, 5.41) is 3.58. The fraction of sp³-hybridized carbons (Fsp3) is 1.00. The molecule has 0 spiro atoms. The van der Waals surface area contributed by atoms with Gasteiger partial charge in [0.05, 0.1) is 0 Å². The van der Waals surface area contributed by atoms with Crippen LogP contribution in [-0.2, 0) is 0 Å². The quantitative estimate of drug-likeness (QED) is 0.648. The Morgan fingerprint density at radius 2 is 2.08 bits per heavy atom. The Hall–Kier alpha value is -0.0800. The van der Waals surface area contributed by atoms with Crippen molar-refractivity contribution >= 4 is 0 Å². The van der Waals surface area contributed by atoms with Gasteiger partial charge in [-0.2, -0.15) is 0 Å². The highest BCUT2D eigenvalue weighted by atomic mass is 15.1. The molecule has 0 bridgehead atoms. The largest absolute Gasteiger partial charge is 0.314 e. The number of hydrogen-bond acceptors (Lipinski definition) is 2.